The molecule has 1 aromatic heterocycles. The van der Waals surface area contributed by atoms with Crippen molar-refractivity contribution in [2.75, 3.05) is 13.1 Å². The van der Waals surface area contributed by atoms with Crippen LogP contribution in [0.1, 0.15) is 36.6 Å². The van der Waals surface area contributed by atoms with E-state index in [-0.39, 0.29) is 11.7 Å². The number of fused-ring (bicyclic) bond motifs is 1. The maximum absolute atomic E-state index is 13.2. The molecule has 1 amide bonds. The van der Waals surface area contributed by atoms with Gasteiger partial charge in [-0.3, -0.25) is 4.79 Å². The number of hydrogen-bond acceptors (Lipinski definition) is 2. The van der Waals surface area contributed by atoms with E-state index in [1.54, 1.807) is 6.07 Å². The number of nitrogens with zero attached hydrogens (tertiary/aromatic N) is 2. The van der Waals surface area contributed by atoms with Gasteiger partial charge in [-0.25, -0.2) is 9.37 Å². The lowest BCUT2D eigenvalue weighted by atomic mass is 9.95. The van der Waals surface area contributed by atoms with E-state index < -0.39 is 0 Å². The number of amides is 1. The Morgan fingerprint density at radius 1 is 1.15 bits per heavy atom. The Morgan fingerprint density at radius 2 is 1.96 bits per heavy atom. The van der Waals surface area contributed by atoms with Crippen LogP contribution in [0.5, 0.6) is 0 Å². The average molecular weight is 351 g/mol. The van der Waals surface area contributed by atoms with Crippen LogP contribution in [0, 0.1) is 5.82 Å². The van der Waals surface area contributed by atoms with Gasteiger partial charge in [0.25, 0.3) is 0 Å². The minimum atomic E-state index is -0.249. The molecule has 1 aliphatic heterocycles. The van der Waals surface area contributed by atoms with Crippen molar-refractivity contribution in [1.82, 2.24) is 14.9 Å². The molecule has 134 valence electrons. The van der Waals surface area contributed by atoms with Crippen LogP contribution < -0.4 is 0 Å². The number of carbonyl (C=O) groups is 1. The molecule has 4 rings (SSSR count). The van der Waals surface area contributed by atoms with Crippen molar-refractivity contribution >= 4 is 16.9 Å². The van der Waals surface area contributed by atoms with Gasteiger partial charge < -0.3 is 9.88 Å². The van der Waals surface area contributed by atoms with Gasteiger partial charge in [-0.1, -0.05) is 24.3 Å². The number of H-pyrrole nitrogens is 1. The predicted molar refractivity (Wildman–Crippen MR) is 99.4 cm³/mol. The molecule has 0 radical (unpaired) electrons. The minimum Gasteiger partial charge on any atom is -0.343 e. The van der Waals surface area contributed by atoms with Crippen molar-refractivity contribution in [3.63, 3.8) is 0 Å². The van der Waals surface area contributed by atoms with Crippen molar-refractivity contribution in [1.29, 1.82) is 0 Å². The highest BCUT2D eigenvalue weighted by Gasteiger charge is 2.25. The molecular weight excluding hydrogens is 329 g/mol. The molecule has 1 aliphatic rings. The average Bonchev–Trinajstić information content (AvgIpc) is 3.10. The molecule has 0 unspecified atom stereocenters. The van der Waals surface area contributed by atoms with Gasteiger partial charge in [0.05, 0.1) is 11.0 Å². The zero-order valence-electron chi connectivity index (χ0n) is 14.6. The number of halogens is 1. The van der Waals surface area contributed by atoms with Gasteiger partial charge >= 0.3 is 0 Å². The molecule has 26 heavy (non-hydrogen) atoms. The van der Waals surface area contributed by atoms with E-state index in [0.717, 1.165) is 48.4 Å². The number of piperidine rings is 1. The molecule has 4 nitrogen and oxygen atoms in total. The number of imidazole rings is 1. The summed E-state index contributed by atoms with van der Waals surface area (Å²) in [7, 11) is 0. The fourth-order valence-electron chi connectivity index (χ4n) is 3.67. The molecule has 0 bridgehead atoms. The third-order valence-electron chi connectivity index (χ3n) is 5.16. The number of carbonyl (C=O) groups excluding carboxylic acids is 1. The fourth-order valence-corrected chi connectivity index (χ4v) is 3.67. The summed E-state index contributed by atoms with van der Waals surface area (Å²) in [6.45, 7) is 1.51. The number of nitrogens with one attached hydrogen (secondary N) is 1. The monoisotopic (exact) mass is 351 g/mol. The Morgan fingerprint density at radius 3 is 2.73 bits per heavy atom. The molecule has 0 aliphatic carbocycles. The number of aromatic amines is 1. The third kappa shape index (κ3) is 3.62. The molecule has 1 saturated heterocycles. The van der Waals surface area contributed by atoms with Crippen LogP contribution in [0.25, 0.3) is 11.0 Å². The van der Waals surface area contributed by atoms with E-state index in [1.165, 1.54) is 12.1 Å². The van der Waals surface area contributed by atoms with Gasteiger partial charge in [0.1, 0.15) is 11.6 Å². The smallest absolute Gasteiger partial charge is 0.222 e. The SMILES string of the molecule is O=C(CCc1cccc(F)c1)N1CCC(c2nc3ccccc3[nH]2)CC1. The summed E-state index contributed by atoms with van der Waals surface area (Å²) in [5, 5.41) is 0. The summed E-state index contributed by atoms with van der Waals surface area (Å²) < 4.78 is 13.2. The summed E-state index contributed by atoms with van der Waals surface area (Å²) in [5.74, 6) is 1.30. The Labute approximate surface area is 152 Å². The van der Waals surface area contributed by atoms with Gasteiger partial charge in [-0.15, -0.1) is 0 Å². The number of rotatable bonds is 4. The Balaban J connectivity index is 1.32. The van der Waals surface area contributed by atoms with E-state index in [2.05, 4.69) is 4.98 Å². The van der Waals surface area contributed by atoms with Gasteiger partial charge in [-0.05, 0) is 49.1 Å². The van der Waals surface area contributed by atoms with E-state index in [1.807, 2.05) is 35.2 Å². The molecule has 0 spiro atoms. The first-order valence-corrected chi connectivity index (χ1v) is 9.16. The molecular formula is C21H22FN3O. The highest BCUT2D eigenvalue weighted by Crippen LogP contribution is 2.28. The Hall–Kier alpha value is -2.69. The molecule has 2 heterocycles. The number of likely N-dealkylation sites (tertiary alicyclic amines) is 1. The van der Waals surface area contributed by atoms with E-state index in [4.69, 9.17) is 4.98 Å². The number of hydrogen-bond donors (Lipinski definition) is 1. The van der Waals surface area contributed by atoms with Gasteiger partial charge in [0, 0.05) is 25.4 Å². The van der Waals surface area contributed by atoms with Crippen molar-refractivity contribution in [2.45, 2.75) is 31.6 Å². The maximum atomic E-state index is 13.2. The maximum Gasteiger partial charge on any atom is 0.222 e. The Kier molecular flexibility index (Phi) is 4.69. The molecule has 0 atom stereocenters. The molecule has 5 heteroatoms. The van der Waals surface area contributed by atoms with Crippen LogP contribution in [0.4, 0.5) is 4.39 Å². The first-order valence-electron chi connectivity index (χ1n) is 9.16. The number of aromatic nitrogens is 2. The zero-order chi connectivity index (χ0) is 17.9. The second-order valence-corrected chi connectivity index (χ2v) is 6.92. The lowest BCUT2D eigenvalue weighted by molar-refractivity contribution is -0.132. The lowest BCUT2D eigenvalue weighted by Gasteiger charge is -2.31. The van der Waals surface area contributed by atoms with Crippen LogP contribution in [0.3, 0.4) is 0 Å². The van der Waals surface area contributed by atoms with Gasteiger partial charge in [0.2, 0.25) is 5.91 Å². The third-order valence-corrected chi connectivity index (χ3v) is 5.16. The minimum absolute atomic E-state index is 0.150. The lowest BCUT2D eigenvalue weighted by Crippen LogP contribution is -2.38. The van der Waals surface area contributed by atoms with Crippen LogP contribution in [-0.4, -0.2) is 33.9 Å². The highest BCUT2D eigenvalue weighted by atomic mass is 19.1. The highest BCUT2D eigenvalue weighted by molar-refractivity contribution is 5.77. The molecule has 2 aromatic carbocycles. The number of para-hydroxylation sites is 2. The van der Waals surface area contributed by atoms with Crippen molar-refractivity contribution in [2.24, 2.45) is 0 Å². The zero-order valence-corrected chi connectivity index (χ0v) is 14.6. The predicted octanol–water partition coefficient (Wildman–Crippen LogP) is 4.04. The first-order chi connectivity index (χ1) is 12.7. The van der Waals surface area contributed by atoms with Crippen LogP contribution in [0.15, 0.2) is 48.5 Å². The normalized spacial score (nSPS) is 15.5. The van der Waals surface area contributed by atoms with Crippen molar-refractivity contribution in [3.05, 3.63) is 65.7 Å². The summed E-state index contributed by atoms with van der Waals surface area (Å²) >= 11 is 0. The number of benzene rings is 2. The second kappa shape index (κ2) is 7.28. The summed E-state index contributed by atoms with van der Waals surface area (Å²) in [4.78, 5) is 22.5. The van der Waals surface area contributed by atoms with E-state index >= 15 is 0 Å². The molecule has 1 N–H and O–H groups in total. The van der Waals surface area contributed by atoms with Gasteiger partial charge in [0.15, 0.2) is 0 Å². The van der Waals surface area contributed by atoms with Gasteiger partial charge in [-0.2, -0.15) is 0 Å². The largest absolute Gasteiger partial charge is 0.343 e. The molecule has 3 aromatic rings. The quantitative estimate of drug-likeness (QED) is 0.771. The van der Waals surface area contributed by atoms with Crippen LogP contribution >= 0.6 is 0 Å². The number of aryl methyl sites for hydroxylation is 1. The summed E-state index contributed by atoms with van der Waals surface area (Å²) in [6, 6.07) is 14.5. The summed E-state index contributed by atoms with van der Waals surface area (Å²) in [5.41, 5.74) is 2.93. The Bertz CT molecular complexity index is 879. The molecule has 1 fully saturated rings. The van der Waals surface area contributed by atoms with Crippen molar-refractivity contribution in [3.8, 4) is 0 Å². The second-order valence-electron chi connectivity index (χ2n) is 6.92. The molecule has 0 saturated carbocycles. The topological polar surface area (TPSA) is 49.0 Å². The van der Waals surface area contributed by atoms with Crippen LogP contribution in [-0.2, 0) is 11.2 Å². The summed E-state index contributed by atoms with van der Waals surface area (Å²) in [6.07, 6.45) is 2.86. The first kappa shape index (κ1) is 16.8. The van der Waals surface area contributed by atoms with Crippen molar-refractivity contribution < 1.29 is 9.18 Å². The van der Waals surface area contributed by atoms with Crippen LogP contribution in [0.2, 0.25) is 0 Å². The van der Waals surface area contributed by atoms with E-state index in [9.17, 15) is 9.18 Å². The standard InChI is InChI=1S/C21H22FN3O/c22-17-5-3-4-15(14-17)8-9-20(26)25-12-10-16(11-13-25)21-23-18-6-1-2-7-19(18)24-21/h1-7,14,16H,8-13H2,(H,23,24). The fraction of sp³-hybridized carbons (Fsp3) is 0.333. The van der Waals surface area contributed by atoms with E-state index in [0.29, 0.717) is 18.8 Å².